The molecule has 1 fully saturated rings. The van der Waals surface area contributed by atoms with Crippen molar-refractivity contribution in [3.63, 3.8) is 0 Å². The van der Waals surface area contributed by atoms with Crippen molar-refractivity contribution < 1.29 is 9.53 Å². The molecule has 1 amide bonds. The monoisotopic (exact) mass is 566 g/mol. The lowest BCUT2D eigenvalue weighted by molar-refractivity contribution is 0.0374. The van der Waals surface area contributed by atoms with Crippen LogP contribution in [0.2, 0.25) is 5.02 Å². The minimum Gasteiger partial charge on any atom is -0.379 e. The van der Waals surface area contributed by atoms with Crippen LogP contribution in [0.5, 0.6) is 0 Å². The summed E-state index contributed by atoms with van der Waals surface area (Å²) in [6, 6.07) is 10.2. The first kappa shape index (κ1) is 27.6. The normalized spacial score (nSPS) is 18.9. The van der Waals surface area contributed by atoms with Crippen LogP contribution in [0.1, 0.15) is 53.2 Å². The number of allylic oxidation sites excluding steroid dienone is 3. The fourth-order valence-electron chi connectivity index (χ4n) is 5.34. The summed E-state index contributed by atoms with van der Waals surface area (Å²) < 4.78 is 5.37. The van der Waals surface area contributed by atoms with E-state index < -0.39 is 0 Å². The van der Waals surface area contributed by atoms with Gasteiger partial charge < -0.3 is 15.4 Å². The van der Waals surface area contributed by atoms with Crippen LogP contribution in [0, 0.1) is 0 Å². The number of hydrogen-bond acceptors (Lipinski definition) is 6. The second kappa shape index (κ2) is 13.4. The molecule has 10 heteroatoms. The molecule has 2 aliphatic carbocycles. The molecular weight excluding hydrogens is 532 g/mol. The highest BCUT2D eigenvalue weighted by molar-refractivity contribution is 7.80. The zero-order chi connectivity index (χ0) is 27.0. The molecule has 1 unspecified atom stereocenters. The fourth-order valence-corrected chi connectivity index (χ4v) is 5.72. The van der Waals surface area contributed by atoms with Gasteiger partial charge in [-0.3, -0.25) is 20.5 Å². The smallest absolute Gasteiger partial charge is 0.252 e. The van der Waals surface area contributed by atoms with Gasteiger partial charge in [0.15, 0.2) is 10.9 Å². The molecule has 0 bridgehead atoms. The third-order valence-electron chi connectivity index (χ3n) is 7.40. The first-order valence-electron chi connectivity index (χ1n) is 13.6. The Balaban J connectivity index is 1.14. The molecule has 1 aromatic carbocycles. The zero-order valence-corrected chi connectivity index (χ0v) is 23.5. The van der Waals surface area contributed by atoms with Crippen LogP contribution in [-0.2, 0) is 11.2 Å². The van der Waals surface area contributed by atoms with E-state index in [0.29, 0.717) is 28.1 Å². The maximum atomic E-state index is 12.6. The maximum Gasteiger partial charge on any atom is 0.252 e. The number of thiocarbonyl (C=S) groups is 1. The summed E-state index contributed by atoms with van der Waals surface area (Å²) in [7, 11) is 0. The molecule has 1 aliphatic heterocycles. The molecule has 1 aromatic heterocycles. The van der Waals surface area contributed by atoms with E-state index >= 15 is 0 Å². The van der Waals surface area contributed by atoms with Crippen LogP contribution < -0.4 is 21.5 Å². The van der Waals surface area contributed by atoms with Crippen molar-refractivity contribution in [3.8, 4) is 0 Å². The number of anilines is 1. The average molecular weight is 567 g/mol. The van der Waals surface area contributed by atoms with E-state index in [0.717, 1.165) is 65.0 Å². The number of aryl methyl sites for hydroxylation is 1. The predicted molar refractivity (Wildman–Crippen MR) is 159 cm³/mol. The van der Waals surface area contributed by atoms with Crippen molar-refractivity contribution in [1.29, 1.82) is 0 Å². The SMILES string of the molecule is O=C(NCCCN1CCOCC1)c1cnc(NNC(=S)NC2C3=C(C=CCC3)CCc3ccccc32)c(Cl)c1. The summed E-state index contributed by atoms with van der Waals surface area (Å²) in [6.45, 7) is 4.97. The third kappa shape index (κ3) is 7.16. The van der Waals surface area contributed by atoms with Gasteiger partial charge in [-0.1, -0.05) is 48.0 Å². The summed E-state index contributed by atoms with van der Waals surface area (Å²) >= 11 is 12.1. The van der Waals surface area contributed by atoms with Crippen molar-refractivity contribution in [2.24, 2.45) is 0 Å². The number of rotatable bonds is 8. The van der Waals surface area contributed by atoms with Gasteiger partial charge >= 0.3 is 0 Å². The van der Waals surface area contributed by atoms with Crippen molar-refractivity contribution in [3.05, 3.63) is 81.5 Å². The first-order valence-corrected chi connectivity index (χ1v) is 14.4. The number of hydrazine groups is 1. The molecule has 5 rings (SSSR count). The Bertz CT molecular complexity index is 1260. The summed E-state index contributed by atoms with van der Waals surface area (Å²) in [4.78, 5) is 19.3. The number of aromatic nitrogens is 1. The number of fused-ring (bicyclic) bond motifs is 1. The Morgan fingerprint density at radius 1 is 1.18 bits per heavy atom. The predicted octanol–water partition coefficient (Wildman–Crippen LogP) is 4.31. The number of hydrogen-bond donors (Lipinski definition) is 4. The van der Waals surface area contributed by atoms with Gasteiger partial charge in [0.1, 0.15) is 0 Å². The molecule has 2 aromatic rings. The number of carbonyl (C=O) groups is 1. The van der Waals surface area contributed by atoms with Crippen LogP contribution in [-0.4, -0.2) is 60.3 Å². The first-order chi connectivity index (χ1) is 19.1. The molecule has 2 heterocycles. The van der Waals surface area contributed by atoms with Crippen LogP contribution in [0.3, 0.4) is 0 Å². The fraction of sp³-hybridized carbons (Fsp3) is 0.414. The molecule has 0 radical (unpaired) electrons. The van der Waals surface area contributed by atoms with Crippen LogP contribution in [0.15, 0.2) is 59.8 Å². The van der Waals surface area contributed by atoms with Crippen molar-refractivity contribution in [2.75, 3.05) is 44.8 Å². The number of benzene rings is 1. The lowest BCUT2D eigenvalue weighted by Crippen LogP contribution is -2.41. The number of nitrogens with zero attached hydrogens (tertiary/aromatic N) is 2. The van der Waals surface area contributed by atoms with E-state index in [1.54, 1.807) is 6.07 Å². The quantitative estimate of drug-likeness (QED) is 0.213. The van der Waals surface area contributed by atoms with Gasteiger partial charge in [-0.05, 0) is 79.2 Å². The van der Waals surface area contributed by atoms with Gasteiger partial charge in [0.2, 0.25) is 0 Å². The van der Waals surface area contributed by atoms with Gasteiger partial charge in [-0.2, -0.15) is 0 Å². The number of carbonyl (C=O) groups excluding carboxylic acids is 1. The van der Waals surface area contributed by atoms with Crippen molar-refractivity contribution in [2.45, 2.75) is 38.1 Å². The Hall–Kier alpha value is -2.98. The summed E-state index contributed by atoms with van der Waals surface area (Å²) in [5.41, 5.74) is 11.8. The second-order valence-corrected chi connectivity index (χ2v) is 10.8. The number of nitrogens with one attached hydrogen (secondary N) is 4. The number of ether oxygens (including phenoxy) is 1. The summed E-state index contributed by atoms with van der Waals surface area (Å²) in [6.07, 6.45) is 11.0. The highest BCUT2D eigenvalue weighted by Gasteiger charge is 2.26. The Morgan fingerprint density at radius 2 is 2.03 bits per heavy atom. The van der Waals surface area contributed by atoms with Crippen LogP contribution >= 0.6 is 23.8 Å². The standard InChI is InChI=1S/C29H35ClN6O2S/c30-25-18-22(28(37)31-12-5-13-36-14-16-38-17-15-36)19-32-27(25)34-35-29(39)33-26-23-8-3-1-6-20(23)10-11-21-7-2-4-9-24(21)26/h1-3,6-8,18-19,26H,4-5,9-17H2,(H,31,37)(H,32,34)(H2,33,35,39). The lowest BCUT2D eigenvalue weighted by atomic mass is 9.88. The van der Waals surface area contributed by atoms with Crippen molar-refractivity contribution in [1.82, 2.24) is 25.9 Å². The highest BCUT2D eigenvalue weighted by atomic mass is 35.5. The third-order valence-corrected chi connectivity index (χ3v) is 7.91. The van der Waals surface area contributed by atoms with Gasteiger partial charge in [0.25, 0.3) is 5.91 Å². The van der Waals surface area contributed by atoms with Crippen molar-refractivity contribution >= 4 is 40.7 Å². The van der Waals surface area contributed by atoms with E-state index in [1.165, 1.54) is 28.5 Å². The zero-order valence-electron chi connectivity index (χ0n) is 22.0. The molecule has 1 atom stereocenters. The van der Waals surface area contributed by atoms with Gasteiger partial charge in [-0.15, -0.1) is 0 Å². The largest absolute Gasteiger partial charge is 0.379 e. The molecule has 206 valence electrons. The maximum absolute atomic E-state index is 12.6. The van der Waals surface area contributed by atoms with E-state index in [1.807, 2.05) is 0 Å². The minimum absolute atomic E-state index is 0.00296. The van der Waals surface area contributed by atoms with E-state index in [9.17, 15) is 4.79 Å². The lowest BCUT2D eigenvalue weighted by Gasteiger charge is -2.27. The van der Waals surface area contributed by atoms with E-state index in [-0.39, 0.29) is 11.9 Å². The molecule has 8 nitrogen and oxygen atoms in total. The molecule has 1 saturated heterocycles. The van der Waals surface area contributed by atoms with Crippen LogP contribution in [0.25, 0.3) is 0 Å². The minimum atomic E-state index is -0.194. The van der Waals surface area contributed by atoms with E-state index in [4.69, 9.17) is 28.6 Å². The second-order valence-electron chi connectivity index (χ2n) is 9.96. The summed E-state index contributed by atoms with van der Waals surface area (Å²) in [5.74, 6) is 0.201. The molecule has 3 aliphatic rings. The highest BCUT2D eigenvalue weighted by Crippen LogP contribution is 2.38. The average Bonchev–Trinajstić information content (AvgIpc) is 3.12. The molecule has 0 spiro atoms. The van der Waals surface area contributed by atoms with Gasteiger partial charge in [0.05, 0.1) is 29.8 Å². The number of halogens is 1. The topological polar surface area (TPSA) is 90.6 Å². The molecule has 0 saturated carbocycles. The Kier molecular flexibility index (Phi) is 9.47. The Morgan fingerprint density at radius 3 is 2.87 bits per heavy atom. The van der Waals surface area contributed by atoms with Crippen LogP contribution in [0.4, 0.5) is 5.82 Å². The number of amides is 1. The molecular formula is C29H35ClN6O2S. The van der Waals surface area contributed by atoms with Gasteiger partial charge in [0, 0.05) is 25.8 Å². The van der Waals surface area contributed by atoms with E-state index in [2.05, 4.69) is 67.8 Å². The van der Waals surface area contributed by atoms with Gasteiger partial charge in [-0.25, -0.2) is 4.98 Å². The number of morpholine rings is 1. The summed E-state index contributed by atoms with van der Waals surface area (Å²) in [5, 5.41) is 7.22. The molecule has 39 heavy (non-hydrogen) atoms. The molecule has 4 N–H and O–H groups in total. The Labute approximate surface area is 240 Å². The number of pyridine rings is 1.